The van der Waals surface area contributed by atoms with Crippen LogP contribution in [-0.2, 0) is 6.54 Å². The number of nitrogens with zero attached hydrogens (tertiary/aromatic N) is 1. The molecule has 1 heterocycles. The van der Waals surface area contributed by atoms with Gasteiger partial charge in [0.1, 0.15) is 0 Å². The van der Waals surface area contributed by atoms with Crippen molar-refractivity contribution < 1.29 is 4.79 Å². The highest BCUT2D eigenvalue weighted by Gasteiger charge is 2.24. The minimum atomic E-state index is -0.137. The second-order valence-electron chi connectivity index (χ2n) is 2.73. The first-order valence-electron chi connectivity index (χ1n) is 3.53. The molecule has 1 aliphatic rings. The molecule has 2 N–H and O–H groups in total. The van der Waals surface area contributed by atoms with Gasteiger partial charge in [-0.15, -0.1) is 0 Å². The van der Waals surface area contributed by atoms with Gasteiger partial charge in [0.25, 0.3) is 5.91 Å². The molecule has 1 aromatic carbocycles. The molecule has 1 aliphatic heterocycles. The largest absolute Gasteiger partial charge is 0.272 e. The summed E-state index contributed by atoms with van der Waals surface area (Å²) in [6.45, 7) is 0.453. The Bertz CT molecular complexity index is 351. The lowest BCUT2D eigenvalue weighted by molar-refractivity contribution is 0.0778. The quantitative estimate of drug-likeness (QED) is 0.484. The number of halogens is 1. The van der Waals surface area contributed by atoms with E-state index in [1.165, 1.54) is 5.01 Å². The number of hydrazine groups is 1. The molecule has 0 aliphatic carbocycles. The number of carbonyl (C=O) groups excluding carboxylic acids is 1. The Labute approximate surface area is 74.7 Å². The minimum Gasteiger partial charge on any atom is -0.272 e. The van der Waals surface area contributed by atoms with Crippen LogP contribution in [0.5, 0.6) is 0 Å². The molecule has 4 heteroatoms. The molecule has 0 aromatic heterocycles. The Morgan fingerprint density at radius 3 is 3.00 bits per heavy atom. The molecule has 0 atom stereocenters. The van der Waals surface area contributed by atoms with Crippen molar-refractivity contribution in [2.45, 2.75) is 6.54 Å². The Kier molecular flexibility index (Phi) is 1.56. The van der Waals surface area contributed by atoms with Crippen LogP contribution >= 0.6 is 11.6 Å². The zero-order chi connectivity index (χ0) is 8.72. The van der Waals surface area contributed by atoms with Gasteiger partial charge in [-0.25, -0.2) is 5.84 Å². The van der Waals surface area contributed by atoms with Crippen molar-refractivity contribution in [3.05, 3.63) is 34.3 Å². The van der Waals surface area contributed by atoms with E-state index in [1.54, 1.807) is 18.2 Å². The van der Waals surface area contributed by atoms with Crippen molar-refractivity contribution in [3.8, 4) is 0 Å². The van der Waals surface area contributed by atoms with E-state index < -0.39 is 0 Å². The van der Waals surface area contributed by atoms with Crippen LogP contribution in [0.4, 0.5) is 0 Å². The molecular weight excluding hydrogens is 176 g/mol. The number of hydrogen-bond acceptors (Lipinski definition) is 2. The average molecular weight is 183 g/mol. The predicted octanol–water partition coefficient (Wildman–Crippen LogP) is 1.17. The van der Waals surface area contributed by atoms with E-state index in [9.17, 15) is 4.79 Å². The summed E-state index contributed by atoms with van der Waals surface area (Å²) in [5.74, 6) is 5.28. The summed E-state index contributed by atoms with van der Waals surface area (Å²) in [6, 6.07) is 5.16. The third-order valence-corrected chi connectivity index (χ3v) is 2.13. The van der Waals surface area contributed by atoms with Gasteiger partial charge in [0.2, 0.25) is 0 Å². The molecule has 0 spiro atoms. The smallest absolute Gasteiger partial charge is 0.268 e. The number of benzene rings is 1. The van der Waals surface area contributed by atoms with Crippen molar-refractivity contribution >= 4 is 17.5 Å². The van der Waals surface area contributed by atoms with Gasteiger partial charge < -0.3 is 0 Å². The predicted molar refractivity (Wildman–Crippen MR) is 45.5 cm³/mol. The van der Waals surface area contributed by atoms with Crippen LogP contribution < -0.4 is 5.84 Å². The summed E-state index contributed by atoms with van der Waals surface area (Å²) in [7, 11) is 0. The minimum absolute atomic E-state index is 0.137. The first kappa shape index (κ1) is 7.58. The molecule has 3 nitrogen and oxygen atoms in total. The zero-order valence-corrected chi connectivity index (χ0v) is 7.01. The number of nitrogens with two attached hydrogens (primary N) is 1. The summed E-state index contributed by atoms with van der Waals surface area (Å²) < 4.78 is 0. The molecule has 1 amide bonds. The van der Waals surface area contributed by atoms with Gasteiger partial charge in [-0.1, -0.05) is 11.6 Å². The highest BCUT2D eigenvalue weighted by molar-refractivity contribution is 6.30. The van der Waals surface area contributed by atoms with Crippen molar-refractivity contribution in [2.24, 2.45) is 5.84 Å². The Morgan fingerprint density at radius 1 is 1.50 bits per heavy atom. The lowest BCUT2D eigenvalue weighted by Gasteiger charge is -2.04. The molecule has 2 rings (SSSR count). The van der Waals surface area contributed by atoms with Crippen molar-refractivity contribution in [1.82, 2.24) is 5.01 Å². The number of carbonyl (C=O) groups is 1. The molecule has 1 aromatic rings. The second-order valence-corrected chi connectivity index (χ2v) is 3.17. The highest BCUT2D eigenvalue weighted by Crippen LogP contribution is 2.23. The summed E-state index contributed by atoms with van der Waals surface area (Å²) in [6.07, 6.45) is 0. The maximum Gasteiger partial charge on any atom is 0.268 e. The SMILES string of the molecule is NN1Cc2cc(Cl)ccc2C1=O. The molecule has 62 valence electrons. The van der Waals surface area contributed by atoms with Gasteiger partial charge in [0.15, 0.2) is 0 Å². The fraction of sp³-hybridized carbons (Fsp3) is 0.125. The first-order valence-corrected chi connectivity index (χ1v) is 3.91. The van der Waals surface area contributed by atoms with Gasteiger partial charge in [0.05, 0.1) is 6.54 Å². The topological polar surface area (TPSA) is 46.3 Å². The molecule has 0 saturated carbocycles. The van der Waals surface area contributed by atoms with E-state index in [4.69, 9.17) is 17.4 Å². The molecule has 0 unspecified atom stereocenters. The summed E-state index contributed by atoms with van der Waals surface area (Å²) in [5.41, 5.74) is 1.55. The average Bonchev–Trinajstić information content (AvgIpc) is 2.28. The standard InChI is InChI=1S/C8H7ClN2O/c9-6-1-2-7-5(3-6)4-11(10)8(7)12/h1-3H,4,10H2. The number of amides is 1. The fourth-order valence-corrected chi connectivity index (χ4v) is 1.51. The van der Waals surface area contributed by atoms with Crippen LogP contribution in [0.1, 0.15) is 15.9 Å². The zero-order valence-electron chi connectivity index (χ0n) is 6.25. The maximum atomic E-state index is 11.3. The Hall–Kier alpha value is -1.06. The Morgan fingerprint density at radius 2 is 2.25 bits per heavy atom. The van der Waals surface area contributed by atoms with Gasteiger partial charge in [-0.2, -0.15) is 0 Å². The molecule has 0 radical (unpaired) electrons. The van der Waals surface area contributed by atoms with Crippen LogP contribution in [-0.4, -0.2) is 10.9 Å². The van der Waals surface area contributed by atoms with Crippen LogP contribution in [0.15, 0.2) is 18.2 Å². The van der Waals surface area contributed by atoms with Gasteiger partial charge in [-0.05, 0) is 23.8 Å². The van der Waals surface area contributed by atoms with Crippen LogP contribution in [0.25, 0.3) is 0 Å². The van der Waals surface area contributed by atoms with Crippen LogP contribution in [0, 0.1) is 0 Å². The van der Waals surface area contributed by atoms with Gasteiger partial charge in [-0.3, -0.25) is 9.80 Å². The second kappa shape index (κ2) is 2.47. The lowest BCUT2D eigenvalue weighted by Crippen LogP contribution is -2.30. The fourth-order valence-electron chi connectivity index (χ4n) is 1.31. The van der Waals surface area contributed by atoms with Crippen molar-refractivity contribution in [1.29, 1.82) is 0 Å². The summed E-state index contributed by atoms with van der Waals surface area (Å²) in [4.78, 5) is 11.3. The highest BCUT2D eigenvalue weighted by atomic mass is 35.5. The third kappa shape index (κ3) is 0.983. The van der Waals surface area contributed by atoms with E-state index in [0.29, 0.717) is 17.1 Å². The first-order chi connectivity index (χ1) is 5.68. The van der Waals surface area contributed by atoms with E-state index in [-0.39, 0.29) is 5.91 Å². The van der Waals surface area contributed by atoms with E-state index in [2.05, 4.69) is 0 Å². The molecule has 0 fully saturated rings. The Balaban J connectivity index is 2.54. The molecule has 0 saturated heterocycles. The van der Waals surface area contributed by atoms with Gasteiger partial charge in [0, 0.05) is 10.6 Å². The summed E-state index contributed by atoms with van der Waals surface area (Å²) in [5, 5.41) is 1.82. The molecule has 0 bridgehead atoms. The molecular formula is C8H7ClN2O. The van der Waals surface area contributed by atoms with Crippen molar-refractivity contribution in [3.63, 3.8) is 0 Å². The van der Waals surface area contributed by atoms with E-state index in [1.807, 2.05) is 0 Å². The number of rotatable bonds is 0. The maximum absolute atomic E-state index is 11.3. The van der Waals surface area contributed by atoms with Crippen LogP contribution in [0.3, 0.4) is 0 Å². The molecule has 12 heavy (non-hydrogen) atoms. The van der Waals surface area contributed by atoms with Crippen LogP contribution in [0.2, 0.25) is 5.02 Å². The number of hydrogen-bond donors (Lipinski definition) is 1. The monoisotopic (exact) mass is 182 g/mol. The van der Waals surface area contributed by atoms with Gasteiger partial charge >= 0.3 is 0 Å². The lowest BCUT2D eigenvalue weighted by atomic mass is 10.1. The summed E-state index contributed by atoms with van der Waals surface area (Å²) >= 11 is 5.75. The number of fused-ring (bicyclic) bond motifs is 1. The third-order valence-electron chi connectivity index (χ3n) is 1.90. The normalized spacial score (nSPS) is 15.2. The van der Waals surface area contributed by atoms with Crippen molar-refractivity contribution in [2.75, 3.05) is 0 Å². The van der Waals surface area contributed by atoms with E-state index >= 15 is 0 Å². The van der Waals surface area contributed by atoms with E-state index in [0.717, 1.165) is 5.56 Å².